The number of anilines is 2. The van der Waals surface area contributed by atoms with Crippen molar-refractivity contribution in [1.29, 1.82) is 0 Å². The Kier molecular flexibility index (Phi) is 3.85. The number of rotatable bonds is 4. The maximum absolute atomic E-state index is 12.0. The van der Waals surface area contributed by atoms with Gasteiger partial charge in [0.1, 0.15) is 17.0 Å². The number of aromatic nitrogens is 4. The first-order valence-electron chi connectivity index (χ1n) is 6.33. The first kappa shape index (κ1) is 14.8. The van der Waals surface area contributed by atoms with Crippen LogP contribution in [0.25, 0.3) is 0 Å². The summed E-state index contributed by atoms with van der Waals surface area (Å²) in [5.41, 5.74) is 0.0699. The molecule has 3 aromatic rings. The predicted molar refractivity (Wildman–Crippen MR) is 78.3 cm³/mol. The first-order chi connectivity index (χ1) is 11.0. The highest BCUT2D eigenvalue weighted by Crippen LogP contribution is 2.16. The van der Waals surface area contributed by atoms with Gasteiger partial charge in [-0.25, -0.2) is 0 Å². The van der Waals surface area contributed by atoms with Crippen LogP contribution in [0.5, 0.6) is 0 Å². The van der Waals surface area contributed by atoms with Crippen molar-refractivity contribution < 1.29 is 18.5 Å². The highest BCUT2D eigenvalue weighted by atomic mass is 32.1. The summed E-state index contributed by atoms with van der Waals surface area (Å²) in [5, 5.41) is 17.1. The van der Waals surface area contributed by atoms with E-state index >= 15 is 0 Å². The number of hydrogen-bond donors (Lipinski definition) is 2. The second-order valence-corrected chi connectivity index (χ2v) is 5.58. The lowest BCUT2D eigenvalue weighted by Gasteiger charge is -1.96. The van der Waals surface area contributed by atoms with Crippen LogP contribution in [0.15, 0.2) is 21.3 Å². The fourth-order valence-electron chi connectivity index (χ4n) is 1.58. The van der Waals surface area contributed by atoms with Crippen LogP contribution in [-0.2, 0) is 0 Å². The molecule has 0 unspecified atom stereocenters. The molecule has 0 aliphatic heterocycles. The molecule has 2 N–H and O–H groups in total. The summed E-state index contributed by atoms with van der Waals surface area (Å²) < 4.78 is 9.83. The lowest BCUT2D eigenvalue weighted by molar-refractivity contribution is 0.100. The summed E-state index contributed by atoms with van der Waals surface area (Å²) in [4.78, 5) is 27.7. The topological polar surface area (TPSA) is 136 Å². The van der Waals surface area contributed by atoms with Gasteiger partial charge in [0.05, 0.1) is 0 Å². The number of hydrogen-bond acceptors (Lipinski definition) is 9. The average Bonchev–Trinajstić information content (AvgIpc) is 3.21. The Labute approximate surface area is 132 Å². The lowest BCUT2D eigenvalue weighted by Crippen LogP contribution is -2.14. The van der Waals surface area contributed by atoms with E-state index in [4.69, 9.17) is 8.94 Å². The summed E-state index contributed by atoms with van der Waals surface area (Å²) in [6.45, 7) is 3.43. The Morgan fingerprint density at radius 1 is 1.13 bits per heavy atom. The van der Waals surface area contributed by atoms with E-state index in [-0.39, 0.29) is 17.4 Å². The smallest absolute Gasteiger partial charge is 0.302 e. The van der Waals surface area contributed by atoms with Crippen LogP contribution in [0.4, 0.5) is 11.1 Å². The number of aryl methyl sites for hydroxylation is 2. The Morgan fingerprint density at radius 2 is 1.91 bits per heavy atom. The molecule has 3 heterocycles. The van der Waals surface area contributed by atoms with E-state index < -0.39 is 11.8 Å². The maximum Gasteiger partial charge on any atom is 0.302 e. The molecule has 0 aliphatic carbocycles. The van der Waals surface area contributed by atoms with E-state index in [1.807, 2.05) is 0 Å². The van der Waals surface area contributed by atoms with Crippen molar-refractivity contribution in [2.75, 3.05) is 10.6 Å². The van der Waals surface area contributed by atoms with Gasteiger partial charge in [-0.15, -0.1) is 10.2 Å². The zero-order valence-electron chi connectivity index (χ0n) is 12.0. The quantitative estimate of drug-likeness (QED) is 0.734. The molecule has 118 valence electrons. The van der Waals surface area contributed by atoms with Crippen LogP contribution in [0.3, 0.4) is 0 Å². The molecule has 0 aromatic carbocycles. The predicted octanol–water partition coefficient (Wildman–Crippen LogP) is 1.64. The molecule has 10 nitrogen and oxygen atoms in total. The molecule has 0 saturated heterocycles. The third-order valence-corrected chi connectivity index (χ3v) is 3.32. The van der Waals surface area contributed by atoms with E-state index in [9.17, 15) is 9.59 Å². The average molecular weight is 334 g/mol. The van der Waals surface area contributed by atoms with Crippen molar-refractivity contribution in [2.24, 2.45) is 0 Å². The summed E-state index contributed by atoms with van der Waals surface area (Å²) in [6, 6.07) is 1.33. The fourth-order valence-corrected chi connectivity index (χ4v) is 2.17. The fraction of sp³-hybridized carbons (Fsp3) is 0.167. The van der Waals surface area contributed by atoms with Crippen LogP contribution in [0.1, 0.15) is 31.7 Å². The molecule has 0 atom stereocenters. The number of carbonyl (C=O) groups excluding carboxylic acids is 2. The molecule has 2 amide bonds. The van der Waals surface area contributed by atoms with Crippen molar-refractivity contribution in [3.8, 4) is 0 Å². The minimum absolute atomic E-state index is 0.00973. The molecule has 0 radical (unpaired) electrons. The van der Waals surface area contributed by atoms with Gasteiger partial charge in [0.25, 0.3) is 11.8 Å². The van der Waals surface area contributed by atoms with Crippen molar-refractivity contribution in [3.05, 3.63) is 34.5 Å². The number of amides is 2. The summed E-state index contributed by atoms with van der Waals surface area (Å²) in [5.74, 6) is -0.590. The van der Waals surface area contributed by atoms with Crippen molar-refractivity contribution in [2.45, 2.75) is 13.8 Å². The van der Waals surface area contributed by atoms with Gasteiger partial charge in [0.2, 0.25) is 5.13 Å². The van der Waals surface area contributed by atoms with Gasteiger partial charge in [-0.1, -0.05) is 16.5 Å². The van der Waals surface area contributed by atoms with Crippen LogP contribution < -0.4 is 10.6 Å². The molecular weight excluding hydrogens is 324 g/mol. The molecule has 23 heavy (non-hydrogen) atoms. The van der Waals surface area contributed by atoms with E-state index in [1.165, 1.54) is 17.4 Å². The molecule has 0 aliphatic rings. The third kappa shape index (κ3) is 3.40. The SMILES string of the molecule is Cc1cc(C(=O)Nc2nc(C(=O)Nc3nnc(C)s3)co2)no1. The monoisotopic (exact) mass is 334 g/mol. The standard InChI is InChI=1S/C12H10N6O4S/c1-5-3-7(18-22-5)9(19)14-11-13-8(4-21-11)10(20)15-12-17-16-6(2)23-12/h3-4H,1-2H3,(H,13,14,19)(H,15,17,20). The van der Waals surface area contributed by atoms with Crippen LogP contribution >= 0.6 is 11.3 Å². The number of nitrogens with one attached hydrogen (secondary N) is 2. The molecular formula is C12H10N6O4S. The highest BCUT2D eigenvalue weighted by Gasteiger charge is 2.17. The molecule has 0 fully saturated rings. The van der Waals surface area contributed by atoms with Crippen molar-refractivity contribution in [3.63, 3.8) is 0 Å². The van der Waals surface area contributed by atoms with Gasteiger partial charge in [-0.3, -0.25) is 20.2 Å². The zero-order chi connectivity index (χ0) is 16.4. The summed E-state index contributed by atoms with van der Waals surface area (Å²) in [7, 11) is 0. The molecule has 0 saturated carbocycles. The van der Waals surface area contributed by atoms with Crippen LogP contribution in [0.2, 0.25) is 0 Å². The van der Waals surface area contributed by atoms with Crippen molar-refractivity contribution >= 4 is 34.3 Å². The molecule has 0 spiro atoms. The molecule has 3 rings (SSSR count). The first-order valence-corrected chi connectivity index (χ1v) is 7.14. The molecule has 11 heteroatoms. The summed E-state index contributed by atoms with van der Waals surface area (Å²) in [6.07, 6.45) is 1.12. The zero-order valence-corrected chi connectivity index (χ0v) is 12.8. The van der Waals surface area contributed by atoms with E-state index in [0.717, 1.165) is 11.3 Å². The number of nitrogens with zero attached hydrogens (tertiary/aromatic N) is 4. The highest BCUT2D eigenvalue weighted by molar-refractivity contribution is 7.15. The second-order valence-electron chi connectivity index (χ2n) is 4.40. The Hall–Kier alpha value is -3.08. The number of carbonyl (C=O) groups is 2. The maximum atomic E-state index is 12.0. The molecule has 3 aromatic heterocycles. The van der Waals surface area contributed by atoms with Gasteiger partial charge in [0, 0.05) is 6.07 Å². The van der Waals surface area contributed by atoms with Gasteiger partial charge >= 0.3 is 6.01 Å². The van der Waals surface area contributed by atoms with Gasteiger partial charge in [0.15, 0.2) is 11.4 Å². The Bertz CT molecular complexity index is 866. The third-order valence-electron chi connectivity index (χ3n) is 2.56. The normalized spacial score (nSPS) is 10.5. The molecule has 0 bridgehead atoms. The minimum atomic E-state index is -0.560. The van der Waals surface area contributed by atoms with Gasteiger partial charge < -0.3 is 8.94 Å². The largest absolute Gasteiger partial charge is 0.431 e. The van der Waals surface area contributed by atoms with E-state index in [2.05, 4.69) is 31.0 Å². The number of oxazole rings is 1. The Morgan fingerprint density at radius 3 is 2.57 bits per heavy atom. The van der Waals surface area contributed by atoms with Gasteiger partial charge in [-0.2, -0.15) is 4.98 Å². The minimum Gasteiger partial charge on any atom is -0.431 e. The Balaban J connectivity index is 1.65. The van der Waals surface area contributed by atoms with Crippen LogP contribution in [0, 0.1) is 13.8 Å². The second kappa shape index (κ2) is 5.96. The van der Waals surface area contributed by atoms with Gasteiger partial charge in [-0.05, 0) is 13.8 Å². The van der Waals surface area contributed by atoms with E-state index in [0.29, 0.717) is 10.9 Å². The van der Waals surface area contributed by atoms with E-state index in [1.54, 1.807) is 13.8 Å². The lowest BCUT2D eigenvalue weighted by atomic mass is 10.3. The summed E-state index contributed by atoms with van der Waals surface area (Å²) >= 11 is 1.23. The van der Waals surface area contributed by atoms with Crippen LogP contribution in [-0.4, -0.2) is 32.2 Å². The van der Waals surface area contributed by atoms with Crippen molar-refractivity contribution in [1.82, 2.24) is 20.3 Å².